The van der Waals surface area contributed by atoms with Gasteiger partial charge < -0.3 is 10.2 Å². The maximum Gasteiger partial charge on any atom is 0.243 e. The third-order valence-electron chi connectivity index (χ3n) is 6.06. The first-order valence-electron chi connectivity index (χ1n) is 12.0. The summed E-state index contributed by atoms with van der Waals surface area (Å²) in [7, 11) is 0. The van der Waals surface area contributed by atoms with Crippen LogP contribution < -0.4 is 5.32 Å². The third-order valence-corrected chi connectivity index (χ3v) is 6.65. The summed E-state index contributed by atoms with van der Waals surface area (Å²) < 4.78 is 0. The largest absolute Gasteiger partial charge is 0.354 e. The van der Waals surface area contributed by atoms with Crippen LogP contribution in [0.1, 0.15) is 42.0 Å². The van der Waals surface area contributed by atoms with E-state index in [9.17, 15) is 9.59 Å². The number of carbonyl (C=O) groups is 2. The molecule has 1 atom stereocenters. The maximum atomic E-state index is 13.8. The van der Waals surface area contributed by atoms with Crippen LogP contribution in [0.25, 0.3) is 0 Å². The number of benzene rings is 3. The highest BCUT2D eigenvalue weighted by atomic mass is 35.5. The molecule has 0 saturated heterocycles. The van der Waals surface area contributed by atoms with Gasteiger partial charge in [-0.25, -0.2) is 0 Å². The van der Waals surface area contributed by atoms with E-state index in [1.807, 2.05) is 67.6 Å². The Bertz CT molecular complexity index is 1130. The van der Waals surface area contributed by atoms with Crippen molar-refractivity contribution in [2.24, 2.45) is 0 Å². The molecule has 0 saturated carbocycles. The van der Waals surface area contributed by atoms with Gasteiger partial charge in [0.05, 0.1) is 6.42 Å². The fraction of sp³-hybridized carbons (Fsp3) is 0.310. The van der Waals surface area contributed by atoms with Gasteiger partial charge in [0.2, 0.25) is 11.8 Å². The Labute approximate surface area is 218 Å². The summed E-state index contributed by atoms with van der Waals surface area (Å²) in [5.41, 5.74) is 3.71. The van der Waals surface area contributed by atoms with Crippen LogP contribution in [0.2, 0.25) is 10.0 Å². The van der Waals surface area contributed by atoms with Gasteiger partial charge in [0.1, 0.15) is 6.04 Å². The predicted molar refractivity (Wildman–Crippen MR) is 144 cm³/mol. The minimum atomic E-state index is -0.683. The van der Waals surface area contributed by atoms with Gasteiger partial charge in [0.15, 0.2) is 0 Å². The Morgan fingerprint density at radius 2 is 1.66 bits per heavy atom. The van der Waals surface area contributed by atoms with Gasteiger partial charge >= 0.3 is 0 Å². The van der Waals surface area contributed by atoms with E-state index in [4.69, 9.17) is 23.2 Å². The van der Waals surface area contributed by atoms with Gasteiger partial charge in [-0.3, -0.25) is 9.59 Å². The molecule has 35 heavy (non-hydrogen) atoms. The summed E-state index contributed by atoms with van der Waals surface area (Å²) >= 11 is 12.6. The molecule has 3 aromatic carbocycles. The lowest BCUT2D eigenvalue weighted by molar-refractivity contribution is -0.140. The molecule has 0 aliphatic carbocycles. The highest BCUT2D eigenvalue weighted by molar-refractivity contribution is 6.35. The number of nitrogens with one attached hydrogen (secondary N) is 1. The van der Waals surface area contributed by atoms with Crippen LogP contribution in [-0.2, 0) is 29.0 Å². The fourth-order valence-corrected chi connectivity index (χ4v) is 4.43. The number of nitrogens with zero attached hydrogens (tertiary/aromatic N) is 1. The summed E-state index contributed by atoms with van der Waals surface area (Å²) in [6.45, 7) is 4.84. The van der Waals surface area contributed by atoms with Gasteiger partial charge in [0.25, 0.3) is 0 Å². The standard InChI is InChI=1S/C29H32Cl2N2O2/c1-3-4-16-32-29(35)27(17-22-11-6-5-7-12-22)33(20-24-14-15-25(30)19-26(24)31)28(34)18-23-13-9-8-10-21(23)2/h5-15,19,27H,3-4,16-18,20H2,1-2H3,(H,32,35)/t27-/m1/s1. The number of hydrogen-bond acceptors (Lipinski definition) is 2. The summed E-state index contributed by atoms with van der Waals surface area (Å²) in [5, 5.41) is 4.03. The molecule has 0 spiro atoms. The van der Waals surface area contributed by atoms with Crippen LogP contribution in [0.5, 0.6) is 0 Å². The molecule has 0 bridgehead atoms. The normalized spacial score (nSPS) is 11.7. The van der Waals surface area contributed by atoms with Crippen molar-refractivity contribution in [2.75, 3.05) is 6.54 Å². The van der Waals surface area contributed by atoms with E-state index in [-0.39, 0.29) is 24.8 Å². The molecule has 0 fully saturated rings. The average molecular weight is 511 g/mol. The average Bonchev–Trinajstić information content (AvgIpc) is 2.84. The van der Waals surface area contributed by atoms with Crippen LogP contribution in [0.4, 0.5) is 0 Å². The summed E-state index contributed by atoms with van der Waals surface area (Å²) in [5.74, 6) is -0.289. The van der Waals surface area contributed by atoms with Gasteiger partial charge in [-0.05, 0) is 47.7 Å². The lowest BCUT2D eigenvalue weighted by atomic mass is 10.00. The quantitative estimate of drug-likeness (QED) is 0.303. The zero-order chi connectivity index (χ0) is 25.2. The van der Waals surface area contributed by atoms with Crippen LogP contribution in [0.3, 0.4) is 0 Å². The molecule has 0 unspecified atom stereocenters. The van der Waals surface area contributed by atoms with E-state index in [1.165, 1.54) is 0 Å². The van der Waals surface area contributed by atoms with Crippen molar-refractivity contribution >= 4 is 35.0 Å². The fourth-order valence-electron chi connectivity index (χ4n) is 3.97. The Kier molecular flexibility index (Phi) is 10.2. The molecule has 0 radical (unpaired) electrons. The Balaban J connectivity index is 1.98. The predicted octanol–water partition coefficient (Wildman–Crippen LogP) is 6.40. The van der Waals surface area contributed by atoms with E-state index in [1.54, 1.807) is 17.0 Å². The van der Waals surface area contributed by atoms with Crippen LogP contribution in [0.15, 0.2) is 72.8 Å². The minimum absolute atomic E-state index is 0.128. The molecule has 0 aromatic heterocycles. The van der Waals surface area contributed by atoms with Crippen molar-refractivity contribution in [3.8, 4) is 0 Å². The minimum Gasteiger partial charge on any atom is -0.354 e. The molecular weight excluding hydrogens is 479 g/mol. The number of amides is 2. The molecule has 0 aliphatic heterocycles. The Hall–Kier alpha value is -2.82. The topological polar surface area (TPSA) is 49.4 Å². The van der Waals surface area contributed by atoms with Crippen LogP contribution >= 0.6 is 23.2 Å². The zero-order valence-corrected chi connectivity index (χ0v) is 21.8. The molecule has 3 rings (SSSR count). The summed E-state index contributed by atoms with van der Waals surface area (Å²) in [6.07, 6.45) is 2.46. The number of unbranched alkanes of at least 4 members (excludes halogenated alkanes) is 1. The van der Waals surface area contributed by atoms with Crippen molar-refractivity contribution in [2.45, 2.75) is 52.1 Å². The SMILES string of the molecule is CCCCNC(=O)[C@@H](Cc1ccccc1)N(Cc1ccc(Cl)cc1Cl)C(=O)Cc1ccccc1C. The number of aryl methyl sites for hydroxylation is 1. The Morgan fingerprint density at radius 1 is 0.943 bits per heavy atom. The van der Waals surface area contributed by atoms with E-state index in [0.717, 1.165) is 35.1 Å². The first-order chi connectivity index (χ1) is 16.9. The smallest absolute Gasteiger partial charge is 0.243 e. The van der Waals surface area contributed by atoms with Gasteiger partial charge in [0, 0.05) is 29.6 Å². The maximum absolute atomic E-state index is 13.8. The molecule has 1 N–H and O–H groups in total. The molecule has 2 amide bonds. The number of rotatable bonds is 11. The second-order valence-electron chi connectivity index (χ2n) is 8.71. The highest BCUT2D eigenvalue weighted by Gasteiger charge is 2.31. The van der Waals surface area contributed by atoms with Crippen LogP contribution in [-0.4, -0.2) is 29.3 Å². The third kappa shape index (κ3) is 7.84. The number of halogens is 2. The number of carbonyl (C=O) groups excluding carboxylic acids is 2. The van der Waals surface area contributed by atoms with Crippen molar-refractivity contribution < 1.29 is 9.59 Å². The summed E-state index contributed by atoms with van der Waals surface area (Å²) in [4.78, 5) is 28.9. The lowest BCUT2D eigenvalue weighted by Gasteiger charge is -2.32. The second kappa shape index (κ2) is 13.3. The molecule has 0 heterocycles. The number of hydrogen-bond donors (Lipinski definition) is 1. The lowest BCUT2D eigenvalue weighted by Crippen LogP contribution is -2.51. The van der Waals surface area contributed by atoms with Gasteiger partial charge in [-0.1, -0.05) is 97.2 Å². The first-order valence-corrected chi connectivity index (χ1v) is 12.7. The van der Waals surface area contributed by atoms with Crippen molar-refractivity contribution in [1.29, 1.82) is 0 Å². The van der Waals surface area contributed by atoms with Crippen molar-refractivity contribution in [3.63, 3.8) is 0 Å². The van der Waals surface area contributed by atoms with Crippen molar-refractivity contribution in [1.82, 2.24) is 10.2 Å². The first kappa shape index (κ1) is 26.8. The van der Waals surface area contributed by atoms with Gasteiger partial charge in [-0.2, -0.15) is 0 Å². The second-order valence-corrected chi connectivity index (χ2v) is 9.55. The zero-order valence-electron chi connectivity index (χ0n) is 20.3. The van der Waals surface area contributed by atoms with E-state index in [0.29, 0.717) is 23.0 Å². The molecular formula is C29H32Cl2N2O2. The molecule has 184 valence electrons. The molecule has 6 heteroatoms. The Morgan fingerprint density at radius 3 is 2.34 bits per heavy atom. The molecule has 0 aliphatic rings. The van der Waals surface area contributed by atoms with E-state index < -0.39 is 6.04 Å². The van der Waals surface area contributed by atoms with E-state index in [2.05, 4.69) is 12.2 Å². The highest BCUT2D eigenvalue weighted by Crippen LogP contribution is 2.25. The molecule has 3 aromatic rings. The van der Waals surface area contributed by atoms with Crippen LogP contribution in [0, 0.1) is 6.92 Å². The van der Waals surface area contributed by atoms with Gasteiger partial charge in [-0.15, -0.1) is 0 Å². The van der Waals surface area contributed by atoms with Crippen molar-refractivity contribution in [3.05, 3.63) is 105 Å². The molecule has 4 nitrogen and oxygen atoms in total. The summed E-state index contributed by atoms with van der Waals surface area (Å²) in [6, 6.07) is 22.1. The monoisotopic (exact) mass is 510 g/mol. The van der Waals surface area contributed by atoms with E-state index >= 15 is 0 Å².